The standard InChI is InChI=1S/C14H9N5O/c1-19-12(11-5-3-2-4-6-11)13(7-15,8-16)14(9-17,10-18)20-19/h2-6,12H,1H3/t12-/m1/s1. The summed E-state index contributed by atoms with van der Waals surface area (Å²) >= 11 is 0. The zero-order valence-electron chi connectivity index (χ0n) is 10.6. The molecular weight excluding hydrogens is 254 g/mol. The molecule has 20 heavy (non-hydrogen) atoms. The first-order chi connectivity index (χ1) is 9.60. The lowest BCUT2D eigenvalue weighted by Crippen LogP contribution is -2.43. The summed E-state index contributed by atoms with van der Waals surface area (Å²) in [6.45, 7) is 0. The molecule has 1 heterocycles. The zero-order valence-corrected chi connectivity index (χ0v) is 10.6. The van der Waals surface area contributed by atoms with Gasteiger partial charge in [0.25, 0.3) is 5.60 Å². The molecule has 1 saturated heterocycles. The molecule has 0 amide bonds. The minimum absolute atomic E-state index is 0.630. The minimum Gasteiger partial charge on any atom is -0.258 e. The van der Waals surface area contributed by atoms with Crippen LogP contribution in [0, 0.1) is 50.7 Å². The van der Waals surface area contributed by atoms with Crippen LogP contribution in [0.2, 0.25) is 0 Å². The van der Waals surface area contributed by atoms with Crippen molar-refractivity contribution < 1.29 is 4.84 Å². The summed E-state index contributed by atoms with van der Waals surface area (Å²) in [6.07, 6.45) is 0. The second-order valence-corrected chi connectivity index (χ2v) is 4.39. The van der Waals surface area contributed by atoms with Crippen LogP contribution in [0.5, 0.6) is 0 Å². The maximum Gasteiger partial charge on any atom is 0.293 e. The summed E-state index contributed by atoms with van der Waals surface area (Å²) in [5.74, 6) is 0. The van der Waals surface area contributed by atoms with E-state index in [4.69, 9.17) is 4.84 Å². The molecule has 1 atom stereocenters. The number of hydrogen-bond donors (Lipinski definition) is 0. The largest absolute Gasteiger partial charge is 0.293 e. The van der Waals surface area contributed by atoms with Crippen molar-refractivity contribution in [3.63, 3.8) is 0 Å². The molecular formula is C14H9N5O. The average molecular weight is 263 g/mol. The molecule has 0 bridgehead atoms. The van der Waals surface area contributed by atoms with E-state index in [1.54, 1.807) is 42.5 Å². The van der Waals surface area contributed by atoms with E-state index in [2.05, 4.69) is 0 Å². The topological polar surface area (TPSA) is 108 Å². The van der Waals surface area contributed by atoms with Crippen molar-refractivity contribution in [3.05, 3.63) is 35.9 Å². The van der Waals surface area contributed by atoms with Crippen molar-refractivity contribution in [2.45, 2.75) is 11.6 Å². The fourth-order valence-electron chi connectivity index (χ4n) is 2.45. The van der Waals surface area contributed by atoms with Gasteiger partial charge in [0.1, 0.15) is 12.1 Å². The van der Waals surface area contributed by atoms with E-state index < -0.39 is 17.1 Å². The first-order valence-electron chi connectivity index (χ1n) is 5.72. The highest BCUT2D eigenvalue weighted by molar-refractivity contribution is 5.45. The molecule has 1 fully saturated rings. The molecule has 1 aliphatic rings. The van der Waals surface area contributed by atoms with Crippen molar-refractivity contribution in [3.8, 4) is 24.3 Å². The van der Waals surface area contributed by atoms with Crippen LogP contribution in [0.4, 0.5) is 0 Å². The quantitative estimate of drug-likeness (QED) is 0.758. The van der Waals surface area contributed by atoms with E-state index in [1.807, 2.05) is 12.1 Å². The molecule has 0 unspecified atom stereocenters. The molecule has 2 rings (SSSR count). The van der Waals surface area contributed by atoms with E-state index >= 15 is 0 Å². The van der Waals surface area contributed by atoms with E-state index in [0.29, 0.717) is 5.56 Å². The second-order valence-electron chi connectivity index (χ2n) is 4.39. The summed E-state index contributed by atoms with van der Waals surface area (Å²) in [7, 11) is 1.50. The van der Waals surface area contributed by atoms with Gasteiger partial charge in [0.15, 0.2) is 0 Å². The van der Waals surface area contributed by atoms with Crippen molar-refractivity contribution >= 4 is 0 Å². The van der Waals surface area contributed by atoms with Crippen LogP contribution in [0.3, 0.4) is 0 Å². The summed E-state index contributed by atoms with van der Waals surface area (Å²) in [5, 5.41) is 38.7. The fraction of sp³-hybridized carbons (Fsp3) is 0.286. The van der Waals surface area contributed by atoms with E-state index in [9.17, 15) is 21.0 Å². The van der Waals surface area contributed by atoms with Gasteiger partial charge in [0.05, 0.1) is 18.2 Å². The Bertz CT molecular complexity index is 657. The molecule has 96 valence electrons. The number of rotatable bonds is 1. The average Bonchev–Trinajstić information content (AvgIpc) is 2.76. The number of nitrogens with zero attached hydrogens (tertiary/aromatic N) is 5. The SMILES string of the molecule is CN1OC(C#N)(C#N)C(C#N)(C#N)[C@H]1c1ccccc1. The number of nitriles is 4. The van der Waals surface area contributed by atoms with Gasteiger partial charge in [-0.3, -0.25) is 4.84 Å². The highest BCUT2D eigenvalue weighted by Crippen LogP contribution is 2.53. The van der Waals surface area contributed by atoms with Crippen molar-refractivity contribution in [2.24, 2.45) is 5.41 Å². The summed E-state index contributed by atoms with van der Waals surface area (Å²) in [5.41, 5.74) is -3.44. The Kier molecular flexibility index (Phi) is 3.15. The molecule has 0 spiro atoms. The molecule has 0 aliphatic carbocycles. The van der Waals surface area contributed by atoms with Gasteiger partial charge in [-0.1, -0.05) is 30.3 Å². The maximum atomic E-state index is 9.48. The summed E-state index contributed by atoms with van der Waals surface area (Å²) in [4.78, 5) is 5.28. The smallest absolute Gasteiger partial charge is 0.258 e. The van der Waals surface area contributed by atoms with Crippen molar-refractivity contribution in [2.75, 3.05) is 7.05 Å². The third-order valence-electron chi connectivity index (χ3n) is 3.39. The van der Waals surface area contributed by atoms with Gasteiger partial charge in [-0.05, 0) is 5.56 Å². The van der Waals surface area contributed by atoms with Crippen molar-refractivity contribution in [1.29, 1.82) is 21.0 Å². The molecule has 6 heteroatoms. The zero-order chi connectivity index (χ0) is 14.8. The Morgan fingerprint density at radius 3 is 2.00 bits per heavy atom. The van der Waals surface area contributed by atoms with Crippen LogP contribution in [-0.2, 0) is 4.84 Å². The van der Waals surface area contributed by atoms with E-state index in [0.717, 1.165) is 0 Å². The van der Waals surface area contributed by atoms with Crippen LogP contribution >= 0.6 is 0 Å². The van der Waals surface area contributed by atoms with Crippen molar-refractivity contribution in [1.82, 2.24) is 5.06 Å². The molecule has 6 nitrogen and oxygen atoms in total. The molecule has 1 aromatic carbocycles. The Morgan fingerprint density at radius 1 is 1.00 bits per heavy atom. The Labute approximate surface area is 116 Å². The van der Waals surface area contributed by atoms with Gasteiger partial charge in [0.2, 0.25) is 5.41 Å². The molecule has 0 radical (unpaired) electrons. The molecule has 0 saturated carbocycles. The molecule has 0 N–H and O–H groups in total. The Hall–Kier alpha value is -2.90. The second kappa shape index (κ2) is 4.65. The Morgan fingerprint density at radius 2 is 1.55 bits per heavy atom. The lowest BCUT2D eigenvalue weighted by molar-refractivity contribution is -0.153. The third kappa shape index (κ3) is 1.48. The van der Waals surface area contributed by atoms with Crippen LogP contribution in [0.1, 0.15) is 11.6 Å². The van der Waals surface area contributed by atoms with Crippen LogP contribution in [0.25, 0.3) is 0 Å². The first kappa shape index (κ1) is 13.5. The number of hydrogen-bond acceptors (Lipinski definition) is 6. The summed E-state index contributed by atoms with van der Waals surface area (Å²) in [6, 6.07) is 14.9. The molecule has 1 aromatic rings. The van der Waals surface area contributed by atoms with Crippen LogP contribution < -0.4 is 0 Å². The molecule has 1 aliphatic heterocycles. The summed E-state index contributed by atoms with van der Waals surface area (Å²) < 4.78 is 0. The van der Waals surface area contributed by atoms with Gasteiger partial charge in [-0.25, -0.2) is 0 Å². The van der Waals surface area contributed by atoms with Gasteiger partial charge in [-0.2, -0.15) is 26.1 Å². The normalized spacial score (nSPS) is 22.9. The van der Waals surface area contributed by atoms with Crippen LogP contribution in [0.15, 0.2) is 30.3 Å². The number of benzene rings is 1. The van der Waals surface area contributed by atoms with Gasteiger partial charge < -0.3 is 0 Å². The third-order valence-corrected chi connectivity index (χ3v) is 3.39. The lowest BCUT2D eigenvalue weighted by Gasteiger charge is -2.25. The van der Waals surface area contributed by atoms with Gasteiger partial charge in [0, 0.05) is 7.05 Å². The van der Waals surface area contributed by atoms with Gasteiger partial charge >= 0.3 is 0 Å². The van der Waals surface area contributed by atoms with Gasteiger partial charge in [-0.15, -0.1) is 0 Å². The van der Waals surface area contributed by atoms with E-state index in [1.165, 1.54) is 12.1 Å². The predicted molar refractivity (Wildman–Crippen MR) is 65.6 cm³/mol. The monoisotopic (exact) mass is 263 g/mol. The van der Waals surface area contributed by atoms with E-state index in [-0.39, 0.29) is 0 Å². The fourth-order valence-corrected chi connectivity index (χ4v) is 2.45. The molecule has 0 aromatic heterocycles. The maximum absolute atomic E-state index is 9.48. The Balaban J connectivity index is 2.72. The lowest BCUT2D eigenvalue weighted by atomic mass is 9.69. The first-order valence-corrected chi connectivity index (χ1v) is 5.72. The minimum atomic E-state index is -2.15. The number of hydroxylamine groups is 2. The highest BCUT2D eigenvalue weighted by atomic mass is 16.7. The van der Waals surface area contributed by atoms with Crippen LogP contribution in [-0.4, -0.2) is 17.7 Å². The highest BCUT2D eigenvalue weighted by Gasteiger charge is 2.69. The predicted octanol–water partition coefficient (Wildman–Crippen LogP) is 1.42.